The second-order valence-electron chi connectivity index (χ2n) is 4.91. The van der Waals surface area contributed by atoms with Gasteiger partial charge in [0.1, 0.15) is 5.82 Å². The summed E-state index contributed by atoms with van der Waals surface area (Å²) in [7, 11) is 1.66. The molecule has 0 unspecified atom stereocenters. The van der Waals surface area contributed by atoms with Crippen LogP contribution in [0.3, 0.4) is 0 Å². The molecule has 5 nitrogen and oxygen atoms in total. The maximum absolute atomic E-state index is 11.3. The Hall–Kier alpha value is -0.140. The van der Waals surface area contributed by atoms with Gasteiger partial charge in [-0.2, -0.15) is 5.10 Å². The minimum Gasteiger partial charge on any atom is -0.296 e. The van der Waals surface area contributed by atoms with Crippen LogP contribution in [-0.2, 0) is 13.6 Å². The third kappa shape index (κ3) is 2.02. The number of aromatic nitrogens is 3. The van der Waals surface area contributed by atoms with E-state index >= 15 is 0 Å². The summed E-state index contributed by atoms with van der Waals surface area (Å²) in [5, 5.41) is 4.16. The van der Waals surface area contributed by atoms with Crippen molar-refractivity contribution in [1.29, 1.82) is 0 Å². The Balaban J connectivity index is 1.66. The van der Waals surface area contributed by atoms with E-state index in [4.69, 9.17) is 0 Å². The highest BCUT2D eigenvalue weighted by molar-refractivity contribution is 9.25. The molecule has 1 aliphatic carbocycles. The monoisotopic (exact) mass is 364 g/mol. The van der Waals surface area contributed by atoms with Gasteiger partial charge in [0.2, 0.25) is 0 Å². The molecule has 2 fully saturated rings. The molecule has 1 aromatic rings. The minimum absolute atomic E-state index is 0.142. The highest BCUT2D eigenvalue weighted by Gasteiger charge is 2.63. The number of fused-ring (bicyclic) bond motifs is 1. The molecule has 94 valence electrons. The number of nitrogens with zero attached hydrogens (tertiary/aromatic N) is 3. The molecule has 3 rings (SSSR count). The van der Waals surface area contributed by atoms with Crippen LogP contribution in [0.2, 0.25) is 0 Å². The number of halogens is 2. The lowest BCUT2D eigenvalue weighted by molar-refractivity contribution is 0.207. The highest BCUT2D eigenvalue weighted by Crippen LogP contribution is 2.65. The van der Waals surface area contributed by atoms with Crippen LogP contribution in [0, 0.1) is 11.8 Å². The summed E-state index contributed by atoms with van der Waals surface area (Å²) in [6, 6.07) is 0. The summed E-state index contributed by atoms with van der Waals surface area (Å²) >= 11 is 7.44. The van der Waals surface area contributed by atoms with Gasteiger partial charge >= 0.3 is 5.69 Å². The molecular weight excluding hydrogens is 352 g/mol. The second kappa shape index (κ2) is 3.93. The van der Waals surface area contributed by atoms with Gasteiger partial charge in [-0.15, -0.1) is 0 Å². The fourth-order valence-corrected chi connectivity index (χ4v) is 4.44. The zero-order chi connectivity index (χ0) is 12.2. The van der Waals surface area contributed by atoms with E-state index in [-0.39, 0.29) is 8.92 Å². The summed E-state index contributed by atoms with van der Waals surface area (Å²) < 4.78 is 1.50. The molecule has 2 atom stereocenters. The van der Waals surface area contributed by atoms with Gasteiger partial charge in [0.15, 0.2) is 0 Å². The predicted molar refractivity (Wildman–Crippen MR) is 71.3 cm³/mol. The van der Waals surface area contributed by atoms with Crippen molar-refractivity contribution in [2.45, 2.75) is 16.2 Å². The number of piperidine rings is 1. The average molecular weight is 366 g/mol. The molecule has 1 saturated heterocycles. The molecule has 0 aromatic carbocycles. The molecule has 1 N–H and O–H groups in total. The minimum atomic E-state index is -0.142. The Morgan fingerprint density at radius 3 is 2.88 bits per heavy atom. The van der Waals surface area contributed by atoms with Crippen LogP contribution < -0.4 is 5.69 Å². The van der Waals surface area contributed by atoms with E-state index < -0.39 is 0 Å². The van der Waals surface area contributed by atoms with E-state index in [0.717, 1.165) is 31.4 Å². The number of aromatic amines is 1. The van der Waals surface area contributed by atoms with E-state index in [1.54, 1.807) is 7.05 Å². The number of hydrogen-bond acceptors (Lipinski definition) is 3. The Labute approximate surface area is 116 Å². The second-order valence-corrected chi connectivity index (χ2v) is 8.60. The lowest BCUT2D eigenvalue weighted by atomic mass is 10.1. The normalized spacial score (nSPS) is 31.2. The van der Waals surface area contributed by atoms with Crippen molar-refractivity contribution in [1.82, 2.24) is 19.7 Å². The molecule has 1 aliphatic heterocycles. The van der Waals surface area contributed by atoms with E-state index in [1.807, 2.05) is 0 Å². The number of rotatable bonds is 2. The topological polar surface area (TPSA) is 53.9 Å². The quantitative estimate of drug-likeness (QED) is 0.797. The first-order valence-corrected chi connectivity index (χ1v) is 7.29. The fraction of sp³-hybridized carbons (Fsp3) is 0.800. The van der Waals surface area contributed by atoms with Gasteiger partial charge in [0, 0.05) is 19.5 Å². The first-order valence-electron chi connectivity index (χ1n) is 5.71. The fourth-order valence-electron chi connectivity index (χ4n) is 2.68. The van der Waals surface area contributed by atoms with Crippen LogP contribution in [0.5, 0.6) is 0 Å². The predicted octanol–water partition coefficient (Wildman–Crippen LogP) is 1.05. The van der Waals surface area contributed by atoms with Crippen LogP contribution in [0.25, 0.3) is 0 Å². The molecule has 17 heavy (non-hydrogen) atoms. The smallest absolute Gasteiger partial charge is 0.296 e. The van der Waals surface area contributed by atoms with Crippen molar-refractivity contribution in [3.63, 3.8) is 0 Å². The third-order valence-electron chi connectivity index (χ3n) is 3.77. The van der Waals surface area contributed by atoms with Crippen LogP contribution in [0.1, 0.15) is 12.2 Å². The summed E-state index contributed by atoms with van der Waals surface area (Å²) in [6.45, 7) is 2.86. The SMILES string of the molecule is Cn1nc(CN2CC[C@@H]3[C@H](C2)C3(Br)Br)[nH]c1=O. The van der Waals surface area contributed by atoms with E-state index in [1.165, 1.54) is 11.1 Å². The molecule has 0 bridgehead atoms. The largest absolute Gasteiger partial charge is 0.343 e. The molecule has 2 aliphatic rings. The van der Waals surface area contributed by atoms with Crippen LogP contribution >= 0.6 is 31.9 Å². The number of hydrogen-bond donors (Lipinski definition) is 1. The molecular formula is C10H14Br2N4O. The van der Waals surface area contributed by atoms with Gasteiger partial charge < -0.3 is 0 Å². The summed E-state index contributed by atoms with van der Waals surface area (Å²) in [5.74, 6) is 2.18. The zero-order valence-electron chi connectivity index (χ0n) is 9.49. The van der Waals surface area contributed by atoms with Crippen molar-refractivity contribution in [2.75, 3.05) is 13.1 Å². The van der Waals surface area contributed by atoms with Crippen molar-refractivity contribution in [3.05, 3.63) is 16.3 Å². The Kier molecular flexibility index (Phi) is 2.75. The van der Waals surface area contributed by atoms with Gasteiger partial charge in [-0.05, 0) is 18.9 Å². The molecule has 0 radical (unpaired) electrons. The molecule has 0 amide bonds. The summed E-state index contributed by atoms with van der Waals surface area (Å²) in [6.07, 6.45) is 1.19. The molecule has 0 spiro atoms. The third-order valence-corrected chi connectivity index (χ3v) is 6.12. The first-order chi connectivity index (χ1) is 7.98. The average Bonchev–Trinajstić information content (AvgIpc) is 2.64. The number of nitrogens with one attached hydrogen (secondary N) is 1. The van der Waals surface area contributed by atoms with E-state index in [0.29, 0.717) is 5.92 Å². The van der Waals surface area contributed by atoms with Gasteiger partial charge in [-0.1, -0.05) is 31.9 Å². The number of likely N-dealkylation sites (tertiary alicyclic amines) is 1. The number of alkyl halides is 2. The van der Waals surface area contributed by atoms with E-state index in [9.17, 15) is 4.79 Å². The maximum Gasteiger partial charge on any atom is 0.343 e. The van der Waals surface area contributed by atoms with Gasteiger partial charge in [-0.25, -0.2) is 9.48 Å². The van der Waals surface area contributed by atoms with Crippen molar-refractivity contribution in [3.8, 4) is 0 Å². The van der Waals surface area contributed by atoms with Crippen LogP contribution in [-0.4, -0.2) is 36.0 Å². The molecule has 1 saturated carbocycles. The van der Waals surface area contributed by atoms with Gasteiger partial charge in [0.05, 0.1) is 9.78 Å². The van der Waals surface area contributed by atoms with Crippen molar-refractivity contribution < 1.29 is 0 Å². The lowest BCUT2D eigenvalue weighted by Crippen LogP contribution is -2.31. The maximum atomic E-state index is 11.3. The van der Waals surface area contributed by atoms with Gasteiger partial charge in [0.25, 0.3) is 0 Å². The van der Waals surface area contributed by atoms with Crippen molar-refractivity contribution in [2.24, 2.45) is 18.9 Å². The zero-order valence-corrected chi connectivity index (χ0v) is 12.7. The van der Waals surface area contributed by atoms with Crippen LogP contribution in [0.4, 0.5) is 0 Å². The van der Waals surface area contributed by atoms with Crippen LogP contribution in [0.15, 0.2) is 4.79 Å². The Morgan fingerprint density at radius 1 is 1.53 bits per heavy atom. The van der Waals surface area contributed by atoms with Gasteiger partial charge in [-0.3, -0.25) is 9.88 Å². The summed E-state index contributed by atoms with van der Waals surface area (Å²) in [5.41, 5.74) is -0.142. The molecule has 1 aromatic heterocycles. The lowest BCUT2D eigenvalue weighted by Gasteiger charge is -2.24. The summed E-state index contributed by atoms with van der Waals surface area (Å²) in [4.78, 5) is 16.4. The van der Waals surface area contributed by atoms with Crippen molar-refractivity contribution >= 4 is 31.9 Å². The number of H-pyrrole nitrogens is 1. The van der Waals surface area contributed by atoms with E-state index in [2.05, 4.69) is 46.8 Å². The standard InChI is InChI=1S/C10H14Br2N4O/c1-15-9(17)13-8(14-15)5-16-3-2-6-7(4-16)10(6,11)12/h6-7H,2-5H2,1H3,(H,13,14,17)/t6-,7+/m1/s1. The Morgan fingerprint density at radius 2 is 2.29 bits per heavy atom. The molecule has 7 heteroatoms. The Bertz CT molecular complexity index is 495. The first kappa shape index (κ1) is 11.9. The number of aryl methyl sites for hydroxylation is 1. The highest BCUT2D eigenvalue weighted by atomic mass is 79.9. The molecule has 2 heterocycles.